The first kappa shape index (κ1) is 13.3. The summed E-state index contributed by atoms with van der Waals surface area (Å²) in [4.78, 5) is 18.4. The van der Waals surface area contributed by atoms with E-state index in [2.05, 4.69) is 15.2 Å². The summed E-state index contributed by atoms with van der Waals surface area (Å²) in [7, 11) is 0. The molecule has 108 valence electrons. The molecule has 2 atom stereocenters. The molecule has 6 heteroatoms. The van der Waals surface area contributed by atoms with Gasteiger partial charge in [0.15, 0.2) is 0 Å². The highest BCUT2D eigenvalue weighted by molar-refractivity contribution is 5.92. The predicted octanol–water partition coefficient (Wildman–Crippen LogP) is 0.257. The van der Waals surface area contributed by atoms with Crippen molar-refractivity contribution < 1.29 is 9.53 Å². The summed E-state index contributed by atoms with van der Waals surface area (Å²) in [6.45, 7) is 3.35. The van der Waals surface area contributed by atoms with Crippen LogP contribution in [0.3, 0.4) is 0 Å². The molecule has 6 nitrogen and oxygen atoms in total. The third kappa shape index (κ3) is 2.91. The number of aromatic nitrogens is 1. The fourth-order valence-electron chi connectivity index (χ4n) is 2.85. The van der Waals surface area contributed by atoms with Crippen molar-refractivity contribution in [3.8, 4) is 0 Å². The monoisotopic (exact) mass is 276 g/mol. The lowest BCUT2D eigenvalue weighted by atomic mass is 10.2. The van der Waals surface area contributed by atoms with Crippen LogP contribution in [-0.2, 0) is 4.74 Å². The van der Waals surface area contributed by atoms with E-state index in [1.165, 1.54) is 19.0 Å². The van der Waals surface area contributed by atoms with Gasteiger partial charge in [-0.05, 0) is 31.5 Å². The van der Waals surface area contributed by atoms with Gasteiger partial charge in [-0.25, -0.2) is 4.98 Å². The first-order valence-electron chi connectivity index (χ1n) is 7.08. The summed E-state index contributed by atoms with van der Waals surface area (Å²) < 4.78 is 5.80. The zero-order chi connectivity index (χ0) is 13.9. The van der Waals surface area contributed by atoms with Crippen LogP contribution in [0.2, 0.25) is 0 Å². The molecule has 1 aromatic rings. The summed E-state index contributed by atoms with van der Waals surface area (Å²) in [6, 6.07) is 3.89. The normalized spacial score (nSPS) is 26.2. The minimum atomic E-state index is -0.183. The Balaban J connectivity index is 1.49. The second-order valence-electron chi connectivity index (χ2n) is 5.43. The number of amides is 1. The third-order valence-electron chi connectivity index (χ3n) is 3.97. The van der Waals surface area contributed by atoms with Crippen molar-refractivity contribution >= 4 is 11.6 Å². The van der Waals surface area contributed by atoms with E-state index in [4.69, 9.17) is 10.5 Å². The molecule has 0 spiro atoms. The lowest BCUT2D eigenvalue weighted by molar-refractivity contribution is -0.0462. The fourth-order valence-corrected chi connectivity index (χ4v) is 2.85. The molecule has 0 aromatic carbocycles. The number of pyridine rings is 1. The highest BCUT2D eigenvalue weighted by Gasteiger charge is 2.32. The number of nitrogens with zero attached hydrogens (tertiary/aromatic N) is 2. The molecular weight excluding hydrogens is 256 g/mol. The van der Waals surface area contributed by atoms with E-state index in [0.29, 0.717) is 24.0 Å². The maximum atomic E-state index is 11.9. The molecule has 0 saturated carbocycles. The molecule has 2 fully saturated rings. The van der Waals surface area contributed by atoms with E-state index in [9.17, 15) is 4.79 Å². The third-order valence-corrected chi connectivity index (χ3v) is 3.97. The zero-order valence-corrected chi connectivity index (χ0v) is 11.4. The Labute approximate surface area is 118 Å². The number of nitrogens with one attached hydrogen (secondary N) is 1. The Bertz CT molecular complexity index is 477. The smallest absolute Gasteiger partial charge is 0.269 e. The van der Waals surface area contributed by atoms with Gasteiger partial charge in [0.1, 0.15) is 5.69 Å². The number of hydrogen-bond acceptors (Lipinski definition) is 5. The number of carbonyl (C=O) groups is 1. The van der Waals surface area contributed by atoms with Crippen molar-refractivity contribution in [2.75, 3.05) is 32.0 Å². The van der Waals surface area contributed by atoms with Crippen LogP contribution in [-0.4, -0.2) is 54.2 Å². The van der Waals surface area contributed by atoms with Crippen LogP contribution in [0.1, 0.15) is 23.3 Å². The minimum absolute atomic E-state index is 0.0714. The van der Waals surface area contributed by atoms with Crippen molar-refractivity contribution in [1.29, 1.82) is 0 Å². The minimum Gasteiger partial charge on any atom is -0.397 e. The van der Waals surface area contributed by atoms with Gasteiger partial charge in [0.05, 0.1) is 24.6 Å². The van der Waals surface area contributed by atoms with E-state index >= 15 is 0 Å². The Kier molecular flexibility index (Phi) is 3.84. The molecule has 3 N–H and O–H groups in total. The number of anilines is 1. The van der Waals surface area contributed by atoms with Gasteiger partial charge in [0.25, 0.3) is 5.91 Å². The van der Waals surface area contributed by atoms with Crippen molar-refractivity contribution in [1.82, 2.24) is 15.2 Å². The first-order chi connectivity index (χ1) is 9.72. The van der Waals surface area contributed by atoms with Crippen LogP contribution in [0, 0.1) is 0 Å². The van der Waals surface area contributed by atoms with Crippen LogP contribution in [0.15, 0.2) is 18.3 Å². The maximum Gasteiger partial charge on any atom is 0.269 e. The lowest BCUT2D eigenvalue weighted by Gasteiger charge is -2.35. The van der Waals surface area contributed by atoms with Crippen LogP contribution >= 0.6 is 0 Å². The number of hydrogen-bond donors (Lipinski definition) is 2. The fraction of sp³-hybridized carbons (Fsp3) is 0.571. The van der Waals surface area contributed by atoms with Crippen molar-refractivity contribution in [3.63, 3.8) is 0 Å². The molecule has 3 heterocycles. The van der Waals surface area contributed by atoms with Crippen LogP contribution in [0.4, 0.5) is 5.69 Å². The number of carbonyl (C=O) groups excluding carboxylic acids is 1. The van der Waals surface area contributed by atoms with E-state index in [0.717, 1.165) is 19.7 Å². The Morgan fingerprint density at radius 2 is 2.45 bits per heavy atom. The van der Waals surface area contributed by atoms with Crippen LogP contribution in [0.25, 0.3) is 0 Å². The van der Waals surface area contributed by atoms with Crippen molar-refractivity contribution in [3.05, 3.63) is 24.0 Å². The van der Waals surface area contributed by atoms with Gasteiger partial charge in [-0.2, -0.15) is 0 Å². The Morgan fingerprint density at radius 3 is 3.25 bits per heavy atom. The summed E-state index contributed by atoms with van der Waals surface area (Å²) in [5.41, 5.74) is 6.48. The van der Waals surface area contributed by atoms with Gasteiger partial charge < -0.3 is 15.8 Å². The number of rotatable bonds is 3. The van der Waals surface area contributed by atoms with Gasteiger partial charge in [-0.1, -0.05) is 0 Å². The van der Waals surface area contributed by atoms with Crippen molar-refractivity contribution in [2.24, 2.45) is 0 Å². The highest BCUT2D eigenvalue weighted by atomic mass is 16.5. The lowest BCUT2D eigenvalue weighted by Crippen LogP contribution is -2.50. The summed E-state index contributed by atoms with van der Waals surface area (Å²) in [5, 5.41) is 2.87. The summed E-state index contributed by atoms with van der Waals surface area (Å²) in [6.07, 6.45) is 4.04. The molecule has 2 aliphatic rings. The van der Waals surface area contributed by atoms with Gasteiger partial charge >= 0.3 is 0 Å². The van der Waals surface area contributed by atoms with E-state index < -0.39 is 0 Å². The molecule has 2 saturated heterocycles. The molecular formula is C14H20N4O2. The Hall–Kier alpha value is -1.66. The predicted molar refractivity (Wildman–Crippen MR) is 75.3 cm³/mol. The molecule has 0 radical (unpaired) electrons. The number of fused-ring (bicyclic) bond motifs is 1. The van der Waals surface area contributed by atoms with Gasteiger partial charge in [-0.3, -0.25) is 9.69 Å². The summed E-state index contributed by atoms with van der Waals surface area (Å²) >= 11 is 0. The molecule has 20 heavy (non-hydrogen) atoms. The average Bonchev–Trinajstić information content (AvgIpc) is 2.93. The van der Waals surface area contributed by atoms with Gasteiger partial charge in [0.2, 0.25) is 0 Å². The van der Waals surface area contributed by atoms with E-state index in [-0.39, 0.29) is 12.0 Å². The maximum absolute atomic E-state index is 11.9. The molecule has 1 amide bonds. The first-order valence-corrected chi connectivity index (χ1v) is 7.08. The number of morpholine rings is 1. The molecule has 2 aliphatic heterocycles. The SMILES string of the molecule is Nc1ccc(C(=O)NCC2CN3CCCC3CO2)nc1. The average molecular weight is 276 g/mol. The molecule has 2 unspecified atom stereocenters. The molecule has 0 aliphatic carbocycles. The van der Waals surface area contributed by atoms with Crippen LogP contribution in [0.5, 0.6) is 0 Å². The topological polar surface area (TPSA) is 80.5 Å². The second kappa shape index (κ2) is 5.76. The largest absolute Gasteiger partial charge is 0.397 e. The number of nitrogen functional groups attached to an aromatic ring is 1. The Morgan fingerprint density at radius 1 is 1.55 bits per heavy atom. The number of nitrogens with two attached hydrogens (primary N) is 1. The van der Waals surface area contributed by atoms with Gasteiger partial charge in [-0.15, -0.1) is 0 Å². The number of ether oxygens (including phenoxy) is 1. The van der Waals surface area contributed by atoms with Gasteiger partial charge in [0, 0.05) is 19.1 Å². The second-order valence-corrected chi connectivity index (χ2v) is 5.43. The molecule has 3 rings (SSSR count). The standard InChI is InChI=1S/C14H20N4O2/c15-10-3-4-13(16-6-10)14(19)17-7-12-8-18-5-1-2-11(18)9-20-12/h3-4,6,11-12H,1-2,5,7-9,15H2,(H,17,19). The highest BCUT2D eigenvalue weighted by Crippen LogP contribution is 2.22. The zero-order valence-electron chi connectivity index (χ0n) is 11.4. The van der Waals surface area contributed by atoms with E-state index in [1.54, 1.807) is 12.1 Å². The molecule has 0 bridgehead atoms. The quantitative estimate of drug-likeness (QED) is 0.827. The van der Waals surface area contributed by atoms with Crippen molar-refractivity contribution in [2.45, 2.75) is 25.0 Å². The summed E-state index contributed by atoms with van der Waals surface area (Å²) in [5.74, 6) is -0.183. The van der Waals surface area contributed by atoms with E-state index in [1.807, 2.05) is 0 Å². The van der Waals surface area contributed by atoms with Crippen LogP contribution < -0.4 is 11.1 Å². The molecule has 1 aromatic heterocycles.